The van der Waals surface area contributed by atoms with Gasteiger partial charge in [-0.2, -0.15) is 0 Å². The number of rotatable bonds is 3. The molecule has 3 aliphatic rings. The van der Waals surface area contributed by atoms with Gasteiger partial charge in [0.1, 0.15) is 6.54 Å². The monoisotopic (exact) mass is 421 g/mol. The third kappa shape index (κ3) is 2.78. The standard InChI is InChI=1S/C19H20ClN3O2S2/c20-12-5-3-9(4-6-12)14-15-10-1-2-11(7-10)16(15)26-18-17(14)27-19(25)23(18)8-13(24)22-21/h3-6,10-11,14-16H,1-2,7-8,21H2,(H,22,24)/t10-,11-,14+,15+,16-/m0/s1. The number of nitrogens with two attached hydrogens (primary N) is 1. The second-order valence-electron chi connectivity index (χ2n) is 7.71. The molecule has 1 amide bonds. The summed E-state index contributed by atoms with van der Waals surface area (Å²) >= 11 is 9.22. The second-order valence-corrected chi connectivity index (χ2v) is 10.3. The summed E-state index contributed by atoms with van der Waals surface area (Å²) < 4.78 is 1.61. The van der Waals surface area contributed by atoms with Crippen LogP contribution in [0.25, 0.3) is 0 Å². The fraction of sp³-hybridized carbons (Fsp3) is 0.474. The molecular formula is C19H20ClN3O2S2. The van der Waals surface area contributed by atoms with Gasteiger partial charge in [-0.1, -0.05) is 35.1 Å². The number of hydrogen-bond donors (Lipinski definition) is 2. The van der Waals surface area contributed by atoms with E-state index in [1.807, 2.05) is 23.9 Å². The zero-order chi connectivity index (χ0) is 18.7. The van der Waals surface area contributed by atoms with Crippen molar-refractivity contribution in [2.75, 3.05) is 0 Å². The number of aromatic nitrogens is 1. The summed E-state index contributed by atoms with van der Waals surface area (Å²) in [6.45, 7) is -0.0208. The van der Waals surface area contributed by atoms with Crippen LogP contribution in [0.3, 0.4) is 0 Å². The highest BCUT2D eigenvalue weighted by atomic mass is 35.5. The van der Waals surface area contributed by atoms with Crippen LogP contribution in [-0.4, -0.2) is 15.7 Å². The number of nitrogens with zero attached hydrogens (tertiary/aromatic N) is 1. The average Bonchev–Trinajstić information content (AvgIpc) is 3.35. The Morgan fingerprint density at radius 2 is 2.00 bits per heavy atom. The molecule has 0 unspecified atom stereocenters. The number of carbonyl (C=O) groups is 1. The van der Waals surface area contributed by atoms with Crippen LogP contribution in [0, 0.1) is 17.8 Å². The molecule has 1 aliphatic heterocycles. The third-order valence-corrected chi connectivity index (χ3v) is 9.46. The highest BCUT2D eigenvalue weighted by molar-refractivity contribution is 8.00. The van der Waals surface area contributed by atoms with Crippen LogP contribution in [-0.2, 0) is 11.3 Å². The second kappa shape index (κ2) is 6.65. The van der Waals surface area contributed by atoms with Gasteiger partial charge in [0.05, 0.1) is 5.03 Å². The Morgan fingerprint density at radius 1 is 1.26 bits per heavy atom. The minimum atomic E-state index is -0.351. The molecule has 142 valence electrons. The zero-order valence-corrected chi connectivity index (χ0v) is 16.9. The van der Waals surface area contributed by atoms with Gasteiger partial charge in [-0.15, -0.1) is 11.8 Å². The van der Waals surface area contributed by atoms with Gasteiger partial charge in [0.2, 0.25) is 0 Å². The van der Waals surface area contributed by atoms with Crippen molar-refractivity contribution in [2.45, 2.75) is 42.0 Å². The topological polar surface area (TPSA) is 77.1 Å². The predicted octanol–water partition coefficient (Wildman–Crippen LogP) is 3.21. The van der Waals surface area contributed by atoms with E-state index >= 15 is 0 Å². The normalized spacial score (nSPS) is 30.8. The van der Waals surface area contributed by atoms with Crippen LogP contribution in [0.2, 0.25) is 5.02 Å². The number of nitrogens with one attached hydrogen (secondary N) is 1. The maximum atomic E-state index is 12.7. The molecule has 2 saturated carbocycles. The van der Waals surface area contributed by atoms with E-state index < -0.39 is 0 Å². The minimum Gasteiger partial charge on any atom is -0.293 e. The van der Waals surface area contributed by atoms with Gasteiger partial charge < -0.3 is 0 Å². The number of hydrazine groups is 1. The number of thiazole rings is 1. The molecule has 5 atom stereocenters. The van der Waals surface area contributed by atoms with E-state index in [2.05, 4.69) is 17.6 Å². The van der Waals surface area contributed by atoms with Gasteiger partial charge in [-0.05, 0) is 54.7 Å². The molecule has 3 N–H and O–H groups in total. The van der Waals surface area contributed by atoms with E-state index in [0.717, 1.165) is 20.8 Å². The molecule has 2 aliphatic carbocycles. The molecular weight excluding hydrogens is 402 g/mol. The summed E-state index contributed by atoms with van der Waals surface area (Å²) in [6, 6.07) is 8.05. The molecule has 27 heavy (non-hydrogen) atoms. The van der Waals surface area contributed by atoms with Crippen molar-refractivity contribution in [3.05, 3.63) is 49.4 Å². The molecule has 0 saturated heterocycles. The Kier molecular flexibility index (Phi) is 4.39. The van der Waals surface area contributed by atoms with E-state index in [9.17, 15) is 9.59 Å². The Hall–Kier alpha value is -1.28. The van der Waals surface area contributed by atoms with Gasteiger partial charge in [-0.25, -0.2) is 5.84 Å². The van der Waals surface area contributed by atoms with Gasteiger partial charge in [0.25, 0.3) is 5.91 Å². The van der Waals surface area contributed by atoms with Crippen molar-refractivity contribution in [2.24, 2.45) is 23.6 Å². The number of fused-ring (bicyclic) bond motifs is 6. The Morgan fingerprint density at radius 3 is 2.74 bits per heavy atom. The maximum Gasteiger partial charge on any atom is 0.308 e. The first-order chi connectivity index (χ1) is 13.1. The van der Waals surface area contributed by atoms with Crippen molar-refractivity contribution < 1.29 is 4.79 Å². The van der Waals surface area contributed by atoms with Crippen molar-refractivity contribution >= 4 is 40.6 Å². The minimum absolute atomic E-state index is 0.0208. The number of carbonyl (C=O) groups excluding carboxylic acids is 1. The molecule has 1 aromatic heterocycles. The van der Waals surface area contributed by atoms with Crippen LogP contribution in [0.1, 0.15) is 35.6 Å². The molecule has 5 rings (SSSR count). The number of hydrogen-bond acceptors (Lipinski definition) is 5. The highest BCUT2D eigenvalue weighted by Gasteiger charge is 2.55. The summed E-state index contributed by atoms with van der Waals surface area (Å²) in [5.41, 5.74) is 3.36. The van der Waals surface area contributed by atoms with Crippen molar-refractivity contribution in [1.82, 2.24) is 9.99 Å². The molecule has 2 aromatic rings. The molecule has 0 spiro atoms. The van der Waals surface area contributed by atoms with E-state index in [4.69, 9.17) is 17.4 Å². The molecule has 2 bridgehead atoms. The van der Waals surface area contributed by atoms with Crippen LogP contribution >= 0.6 is 34.7 Å². The van der Waals surface area contributed by atoms with Crippen molar-refractivity contribution in [1.29, 1.82) is 0 Å². The number of halogens is 1. The molecule has 8 heteroatoms. The Balaban J connectivity index is 1.65. The number of amides is 1. The first-order valence-electron chi connectivity index (χ1n) is 9.22. The van der Waals surface area contributed by atoms with Gasteiger partial charge in [0.15, 0.2) is 0 Å². The predicted molar refractivity (Wildman–Crippen MR) is 108 cm³/mol. The zero-order valence-electron chi connectivity index (χ0n) is 14.6. The Labute approximate surface area is 170 Å². The lowest BCUT2D eigenvalue weighted by Gasteiger charge is -2.40. The SMILES string of the molecule is NNC(=O)Cn1c2c(sc1=O)[C@H](c1ccc(Cl)cc1)[C@H]1[C@H]3CC[C@@H](C3)[C@@H]1S2. The van der Waals surface area contributed by atoms with Crippen molar-refractivity contribution in [3.8, 4) is 0 Å². The highest BCUT2D eigenvalue weighted by Crippen LogP contribution is 2.63. The lowest BCUT2D eigenvalue weighted by atomic mass is 9.75. The summed E-state index contributed by atoms with van der Waals surface area (Å²) in [4.78, 5) is 25.6. The molecule has 2 fully saturated rings. The number of thioether (sulfide) groups is 1. The maximum absolute atomic E-state index is 12.7. The van der Waals surface area contributed by atoms with Gasteiger partial charge >= 0.3 is 4.87 Å². The van der Waals surface area contributed by atoms with Crippen LogP contribution < -0.4 is 16.1 Å². The van der Waals surface area contributed by atoms with Gasteiger partial charge in [0, 0.05) is 21.1 Å². The molecule has 1 aromatic carbocycles. The number of benzene rings is 1. The van der Waals surface area contributed by atoms with Crippen LogP contribution in [0.5, 0.6) is 0 Å². The summed E-state index contributed by atoms with van der Waals surface area (Å²) in [7, 11) is 0. The Bertz CT molecular complexity index is 955. The first kappa shape index (κ1) is 17.8. The molecule has 0 radical (unpaired) electrons. The summed E-state index contributed by atoms with van der Waals surface area (Å²) in [6.07, 6.45) is 3.85. The van der Waals surface area contributed by atoms with E-state index in [1.165, 1.54) is 36.2 Å². The lowest BCUT2D eigenvalue weighted by molar-refractivity contribution is -0.121. The van der Waals surface area contributed by atoms with Crippen molar-refractivity contribution in [3.63, 3.8) is 0 Å². The van der Waals surface area contributed by atoms with E-state index in [0.29, 0.717) is 17.1 Å². The molecule has 2 heterocycles. The summed E-state index contributed by atoms with van der Waals surface area (Å²) in [5, 5.41) is 2.19. The van der Waals surface area contributed by atoms with Gasteiger partial charge in [-0.3, -0.25) is 19.6 Å². The average molecular weight is 422 g/mol. The van der Waals surface area contributed by atoms with Crippen LogP contribution in [0.15, 0.2) is 34.1 Å². The smallest absolute Gasteiger partial charge is 0.293 e. The third-order valence-electron chi connectivity index (χ3n) is 6.38. The summed E-state index contributed by atoms with van der Waals surface area (Å²) in [5.74, 6) is 7.09. The molecule has 5 nitrogen and oxygen atoms in total. The largest absolute Gasteiger partial charge is 0.308 e. The lowest BCUT2D eigenvalue weighted by Crippen LogP contribution is -2.37. The van der Waals surface area contributed by atoms with Crippen LogP contribution in [0.4, 0.5) is 0 Å². The van der Waals surface area contributed by atoms with E-state index in [-0.39, 0.29) is 23.2 Å². The first-order valence-corrected chi connectivity index (χ1v) is 11.3. The fourth-order valence-corrected chi connectivity index (χ4v) is 8.60. The van der Waals surface area contributed by atoms with E-state index in [1.54, 1.807) is 4.57 Å². The fourth-order valence-electron chi connectivity index (χ4n) is 5.32. The quantitative estimate of drug-likeness (QED) is 0.453.